The minimum absolute atomic E-state index is 0.255. The Morgan fingerprint density at radius 1 is 1.04 bits per heavy atom. The van der Waals surface area contributed by atoms with E-state index in [0.29, 0.717) is 47.6 Å². The molecule has 13 heteroatoms. The number of benzene rings is 3. The molecule has 0 unspecified atom stereocenters. The number of hydrogen-bond donors (Lipinski definition) is 3. The Labute approximate surface area is 324 Å². The first kappa shape index (κ1) is 38.2. The minimum Gasteiger partial charge on any atom is -0.473 e. The van der Waals surface area contributed by atoms with Crippen molar-refractivity contribution < 1.29 is 23.1 Å². The second-order valence-electron chi connectivity index (χ2n) is 14.4. The maximum absolute atomic E-state index is 13.2. The number of ether oxygens (including phenoxy) is 2. The van der Waals surface area contributed by atoms with Gasteiger partial charge in [-0.05, 0) is 114 Å². The lowest BCUT2D eigenvalue weighted by Crippen LogP contribution is -2.33. The van der Waals surface area contributed by atoms with Crippen molar-refractivity contribution >= 4 is 45.0 Å². The van der Waals surface area contributed by atoms with Crippen LogP contribution in [0.3, 0.4) is 0 Å². The number of carbonyl (C=O) groups excluding carboxylic acids is 1. The van der Waals surface area contributed by atoms with Crippen LogP contribution < -0.4 is 10.1 Å². The summed E-state index contributed by atoms with van der Waals surface area (Å²) in [6, 6.07) is 22.8. The van der Waals surface area contributed by atoms with Crippen LogP contribution in [0, 0.1) is 37.9 Å². The lowest BCUT2D eigenvalue weighted by atomic mass is 9.93. The van der Waals surface area contributed by atoms with Gasteiger partial charge < -0.3 is 24.2 Å². The normalized spacial score (nSPS) is 15.7. The van der Waals surface area contributed by atoms with Gasteiger partial charge in [-0.3, -0.25) is 14.8 Å². The topological polar surface area (TPSA) is 158 Å². The zero-order valence-electron chi connectivity index (χ0n) is 32.0. The van der Waals surface area contributed by atoms with E-state index in [-0.39, 0.29) is 5.82 Å². The van der Waals surface area contributed by atoms with E-state index in [4.69, 9.17) is 23.9 Å². The zero-order valence-corrected chi connectivity index (χ0v) is 32.0. The van der Waals surface area contributed by atoms with Crippen LogP contribution in [-0.4, -0.2) is 62.3 Å². The van der Waals surface area contributed by atoms with Gasteiger partial charge in [-0.25, -0.2) is 14.4 Å². The fraction of sp³-hybridized carbons (Fsp3) is 0.326. The molecule has 6 heterocycles. The van der Waals surface area contributed by atoms with Gasteiger partial charge in [0.1, 0.15) is 29.3 Å². The van der Waals surface area contributed by atoms with Crippen LogP contribution in [0.25, 0.3) is 32.9 Å². The number of anilines is 1. The number of likely N-dealkylation sites (tertiary alicyclic amines) is 1. The summed E-state index contributed by atoms with van der Waals surface area (Å²) in [5.74, 6) is 2.38. The van der Waals surface area contributed by atoms with Gasteiger partial charge in [-0.1, -0.05) is 12.1 Å². The van der Waals surface area contributed by atoms with E-state index in [1.165, 1.54) is 12.5 Å². The van der Waals surface area contributed by atoms with Gasteiger partial charge in [0.25, 0.3) is 0 Å². The predicted molar refractivity (Wildman–Crippen MR) is 213 cm³/mol. The van der Waals surface area contributed by atoms with Gasteiger partial charge in [0.15, 0.2) is 5.82 Å². The average molecular weight is 757 g/mol. The molecular weight excluding hydrogens is 712 g/mol. The Kier molecular flexibility index (Phi) is 11.7. The Balaban J connectivity index is 0.000000231. The highest BCUT2D eigenvalue weighted by molar-refractivity contribution is 5.87. The smallest absolute Gasteiger partial charge is 0.213 e. The van der Waals surface area contributed by atoms with E-state index in [9.17, 15) is 14.4 Å². The molecule has 2 aliphatic rings. The molecule has 2 aliphatic heterocycles. The fourth-order valence-corrected chi connectivity index (χ4v) is 6.99. The number of fused-ring (bicyclic) bond motifs is 3. The minimum atomic E-state index is -0.255. The van der Waals surface area contributed by atoms with Gasteiger partial charge in [-0.2, -0.15) is 10.4 Å². The summed E-state index contributed by atoms with van der Waals surface area (Å²) < 4.78 is 30.0. The molecule has 0 bridgehead atoms. The average Bonchev–Trinajstić information content (AvgIpc) is 3.89. The molecular formula is C43H45FN8O4. The maximum Gasteiger partial charge on any atom is 0.213 e. The Morgan fingerprint density at radius 2 is 1.84 bits per heavy atom. The first-order valence-corrected chi connectivity index (χ1v) is 18.8. The molecule has 2 fully saturated rings. The molecule has 12 nitrogen and oxygen atoms in total. The summed E-state index contributed by atoms with van der Waals surface area (Å²) in [5.41, 5.74) is 8.03. The number of imidazole rings is 1. The SMILES string of the molecule is C[C@@H]1CCO1.Cc1cc(F)c2n[nH]c(C)c2c1.Cc1cc2c(C#N)ccc(COc3cccc(C4CCN(Cc5nc6ccc(NC=O)cc6[nH]5)CC4)n3)c2o1. The third kappa shape index (κ3) is 8.88. The number of H-pyrrole nitrogens is 2. The van der Waals surface area contributed by atoms with E-state index in [2.05, 4.69) is 44.5 Å². The Morgan fingerprint density at radius 3 is 2.57 bits per heavy atom. The summed E-state index contributed by atoms with van der Waals surface area (Å²) in [7, 11) is 0. The highest BCUT2D eigenvalue weighted by atomic mass is 19.1. The highest BCUT2D eigenvalue weighted by Crippen LogP contribution is 2.30. The number of nitriles is 1. The van der Waals surface area contributed by atoms with Crippen molar-refractivity contribution in [3.8, 4) is 11.9 Å². The van der Waals surface area contributed by atoms with Crippen molar-refractivity contribution in [1.82, 2.24) is 30.0 Å². The summed E-state index contributed by atoms with van der Waals surface area (Å²) in [5, 5.41) is 20.4. The van der Waals surface area contributed by atoms with Crippen LogP contribution in [0.4, 0.5) is 10.1 Å². The van der Waals surface area contributed by atoms with Gasteiger partial charge >= 0.3 is 0 Å². The second-order valence-corrected chi connectivity index (χ2v) is 14.4. The number of pyridine rings is 1. The van der Waals surface area contributed by atoms with Crippen LogP contribution in [0.5, 0.6) is 5.88 Å². The van der Waals surface area contributed by atoms with Crippen molar-refractivity contribution in [3.63, 3.8) is 0 Å². The second kappa shape index (κ2) is 17.1. The molecule has 3 N–H and O–H groups in total. The molecule has 0 spiro atoms. The molecule has 0 aliphatic carbocycles. The summed E-state index contributed by atoms with van der Waals surface area (Å²) in [6.45, 7) is 11.7. The molecule has 0 radical (unpaired) electrons. The van der Waals surface area contributed by atoms with Crippen molar-refractivity contribution in [2.75, 3.05) is 25.0 Å². The van der Waals surface area contributed by atoms with Gasteiger partial charge in [0.05, 0.1) is 35.3 Å². The van der Waals surface area contributed by atoms with Crippen LogP contribution in [-0.2, 0) is 22.7 Å². The molecule has 2 saturated heterocycles. The lowest BCUT2D eigenvalue weighted by molar-refractivity contribution is -0.105. The first-order chi connectivity index (χ1) is 27.2. The molecule has 56 heavy (non-hydrogen) atoms. The molecule has 0 saturated carbocycles. The number of amides is 1. The molecule has 9 rings (SSSR count). The molecule has 1 atom stereocenters. The van der Waals surface area contributed by atoms with Crippen LogP contribution in [0.15, 0.2) is 71.1 Å². The predicted octanol–water partition coefficient (Wildman–Crippen LogP) is 8.53. The van der Waals surface area contributed by atoms with Crippen molar-refractivity contribution in [3.05, 3.63) is 112 Å². The number of furan rings is 1. The summed E-state index contributed by atoms with van der Waals surface area (Å²) in [6.07, 6.45) is 4.51. The Hall–Kier alpha value is -6.10. The van der Waals surface area contributed by atoms with E-state index in [1.807, 2.05) is 69.3 Å². The van der Waals surface area contributed by atoms with Gasteiger partial charge in [0, 0.05) is 52.0 Å². The molecule has 1 amide bonds. The first-order valence-electron chi connectivity index (χ1n) is 18.8. The van der Waals surface area contributed by atoms with Gasteiger partial charge in [-0.15, -0.1) is 0 Å². The van der Waals surface area contributed by atoms with Crippen molar-refractivity contribution in [2.45, 2.75) is 72.1 Å². The summed E-state index contributed by atoms with van der Waals surface area (Å²) in [4.78, 5) is 26.0. The van der Waals surface area contributed by atoms with E-state index < -0.39 is 0 Å². The zero-order chi connectivity index (χ0) is 39.2. The van der Waals surface area contributed by atoms with Gasteiger partial charge in [0.2, 0.25) is 12.3 Å². The summed E-state index contributed by atoms with van der Waals surface area (Å²) >= 11 is 0. The number of nitrogens with zero attached hydrogens (tertiary/aromatic N) is 5. The van der Waals surface area contributed by atoms with Crippen LogP contribution >= 0.6 is 0 Å². The number of carbonyl (C=O) groups is 1. The number of aromatic nitrogens is 5. The monoisotopic (exact) mass is 756 g/mol. The number of nitrogens with one attached hydrogen (secondary N) is 3. The number of rotatable bonds is 8. The molecule has 4 aromatic heterocycles. The molecule has 3 aromatic carbocycles. The molecule has 7 aromatic rings. The third-order valence-corrected chi connectivity index (χ3v) is 10.1. The fourth-order valence-electron chi connectivity index (χ4n) is 6.99. The van der Waals surface area contributed by atoms with E-state index in [0.717, 1.165) is 101 Å². The van der Waals surface area contributed by atoms with Crippen LogP contribution in [0.1, 0.15) is 71.8 Å². The number of hydrogen-bond acceptors (Lipinski definition) is 9. The molecule has 288 valence electrons. The largest absolute Gasteiger partial charge is 0.473 e. The van der Waals surface area contributed by atoms with E-state index in [1.54, 1.807) is 6.07 Å². The van der Waals surface area contributed by atoms with Crippen molar-refractivity contribution in [2.24, 2.45) is 0 Å². The van der Waals surface area contributed by atoms with E-state index >= 15 is 0 Å². The van der Waals surface area contributed by atoms with Crippen LogP contribution in [0.2, 0.25) is 0 Å². The van der Waals surface area contributed by atoms with Crippen molar-refractivity contribution in [1.29, 1.82) is 5.26 Å². The number of aryl methyl sites for hydroxylation is 3. The number of aromatic amines is 2. The quantitative estimate of drug-likeness (QED) is 0.129. The Bertz CT molecular complexity index is 2510. The standard InChI is InChI=1S/C30H28N6O3.C9H9FN2.C4H8O/c1-19-13-24-21(15-31)5-6-22(30(24)39-19)17-38-29-4-2-3-25(35-29)20-9-11-36(12-10-20)16-28-33-26-8-7-23(32-18-37)14-27(26)34-28;1-5-3-7-6(2)11-12-9(7)8(10)4-5;1-4-2-3-5-4/h2-8,13-14,18,20H,9-12,16-17H2,1H3,(H,32,37)(H,33,34);3-4H,1-2H3,(H,11,12);4H,2-3H2,1H3/t;;4-/m..1/s1. The third-order valence-electron chi connectivity index (χ3n) is 10.1. The highest BCUT2D eigenvalue weighted by Gasteiger charge is 2.23. The number of halogens is 1. The number of piperidine rings is 1. The lowest BCUT2D eigenvalue weighted by Gasteiger charge is -2.31. The maximum atomic E-state index is 13.2.